The summed E-state index contributed by atoms with van der Waals surface area (Å²) >= 11 is 0. The monoisotopic (exact) mass is 163 g/mol. The summed E-state index contributed by atoms with van der Waals surface area (Å²) in [5.74, 6) is 0. The Bertz CT molecular complexity index is 333. The van der Waals surface area contributed by atoms with Gasteiger partial charge in [-0.25, -0.2) is 4.79 Å². The third kappa shape index (κ3) is 1.13. The Morgan fingerprint density at radius 2 is 2.33 bits per heavy atom. The van der Waals surface area contributed by atoms with Crippen LogP contribution in [0.15, 0.2) is 18.2 Å². The maximum absolute atomic E-state index is 10.8. The van der Waals surface area contributed by atoms with Gasteiger partial charge < -0.3 is 4.74 Å². The van der Waals surface area contributed by atoms with Crippen molar-refractivity contribution in [2.75, 3.05) is 5.32 Å². The zero-order valence-corrected chi connectivity index (χ0v) is 6.76. The van der Waals surface area contributed by atoms with Crippen molar-refractivity contribution in [3.05, 3.63) is 29.3 Å². The van der Waals surface area contributed by atoms with E-state index < -0.39 is 0 Å². The van der Waals surface area contributed by atoms with Crippen molar-refractivity contribution in [3.8, 4) is 0 Å². The van der Waals surface area contributed by atoms with Crippen molar-refractivity contribution >= 4 is 11.8 Å². The van der Waals surface area contributed by atoms with Crippen LogP contribution in [-0.2, 0) is 11.3 Å². The first kappa shape index (κ1) is 7.16. The number of rotatable bonds is 0. The van der Waals surface area contributed by atoms with E-state index in [-0.39, 0.29) is 6.09 Å². The molecule has 0 spiro atoms. The molecule has 0 fully saturated rings. The molecule has 1 aliphatic heterocycles. The van der Waals surface area contributed by atoms with Crippen LogP contribution in [0.1, 0.15) is 11.1 Å². The summed E-state index contributed by atoms with van der Waals surface area (Å²) in [6.45, 7) is 2.36. The molecule has 1 amide bonds. The van der Waals surface area contributed by atoms with Crippen molar-refractivity contribution in [2.45, 2.75) is 13.5 Å². The highest BCUT2D eigenvalue weighted by molar-refractivity contribution is 5.87. The van der Waals surface area contributed by atoms with E-state index in [1.165, 1.54) is 0 Å². The maximum atomic E-state index is 10.8. The molecule has 3 nitrogen and oxygen atoms in total. The molecule has 0 saturated heterocycles. The lowest BCUT2D eigenvalue weighted by molar-refractivity contribution is 0.151. The maximum Gasteiger partial charge on any atom is 0.411 e. The van der Waals surface area contributed by atoms with Crippen LogP contribution < -0.4 is 5.32 Å². The first-order chi connectivity index (χ1) is 5.75. The first-order valence-corrected chi connectivity index (χ1v) is 3.79. The van der Waals surface area contributed by atoms with Gasteiger partial charge in [-0.1, -0.05) is 12.1 Å². The molecule has 0 saturated carbocycles. The molecule has 0 radical (unpaired) electrons. The number of hydrogen-bond acceptors (Lipinski definition) is 2. The number of amides is 1. The number of nitrogens with one attached hydrogen (secondary N) is 1. The minimum atomic E-state index is -0.367. The Morgan fingerprint density at radius 3 is 3.17 bits per heavy atom. The predicted octanol–water partition coefficient (Wildman–Crippen LogP) is 2.06. The van der Waals surface area contributed by atoms with Gasteiger partial charge in [-0.05, 0) is 18.6 Å². The summed E-state index contributed by atoms with van der Waals surface area (Å²) in [4.78, 5) is 10.8. The zero-order chi connectivity index (χ0) is 8.55. The van der Waals surface area contributed by atoms with E-state index in [1.54, 1.807) is 0 Å². The summed E-state index contributed by atoms with van der Waals surface area (Å²) in [5.41, 5.74) is 3.03. The zero-order valence-electron chi connectivity index (χ0n) is 6.76. The van der Waals surface area contributed by atoms with E-state index in [2.05, 4.69) is 5.32 Å². The Balaban J connectivity index is 2.44. The normalized spacial score (nSPS) is 14.6. The number of carbonyl (C=O) groups excluding carboxylic acids is 1. The van der Waals surface area contributed by atoms with Gasteiger partial charge in [0.2, 0.25) is 0 Å². The van der Waals surface area contributed by atoms with Crippen LogP contribution in [0.25, 0.3) is 0 Å². The molecule has 62 valence electrons. The van der Waals surface area contributed by atoms with E-state index in [0.717, 1.165) is 16.8 Å². The quantitative estimate of drug-likeness (QED) is 0.635. The Labute approximate surface area is 70.3 Å². The molecular formula is C9H9NO2. The van der Waals surface area contributed by atoms with Gasteiger partial charge in [-0.15, -0.1) is 0 Å². The second-order valence-electron chi connectivity index (χ2n) is 2.86. The molecule has 0 unspecified atom stereocenters. The fourth-order valence-electron chi connectivity index (χ4n) is 1.22. The van der Waals surface area contributed by atoms with Crippen LogP contribution in [0, 0.1) is 6.92 Å². The molecule has 1 heterocycles. The van der Waals surface area contributed by atoms with Crippen LogP contribution in [0.4, 0.5) is 10.5 Å². The van der Waals surface area contributed by atoms with Gasteiger partial charge in [0.05, 0.1) is 5.69 Å². The Kier molecular flexibility index (Phi) is 1.50. The number of benzene rings is 1. The smallest absolute Gasteiger partial charge is 0.411 e. The third-order valence-corrected chi connectivity index (χ3v) is 1.86. The van der Waals surface area contributed by atoms with Crippen molar-refractivity contribution in [1.29, 1.82) is 0 Å². The molecule has 0 aliphatic carbocycles. The minimum absolute atomic E-state index is 0.367. The molecule has 1 aromatic carbocycles. The number of cyclic esters (lactones) is 1. The number of carbonyl (C=O) groups is 1. The van der Waals surface area contributed by atoms with Crippen molar-refractivity contribution in [2.24, 2.45) is 0 Å². The SMILES string of the molecule is Cc1ccc2c(c1)NC(=O)OC2. The van der Waals surface area contributed by atoms with E-state index in [1.807, 2.05) is 25.1 Å². The van der Waals surface area contributed by atoms with Crippen LogP contribution in [0.2, 0.25) is 0 Å². The first-order valence-electron chi connectivity index (χ1n) is 3.79. The molecule has 3 heteroatoms. The molecule has 12 heavy (non-hydrogen) atoms. The van der Waals surface area contributed by atoms with Gasteiger partial charge >= 0.3 is 6.09 Å². The summed E-state index contributed by atoms with van der Waals surface area (Å²) in [6, 6.07) is 5.90. The van der Waals surface area contributed by atoms with Crippen LogP contribution in [-0.4, -0.2) is 6.09 Å². The summed E-state index contributed by atoms with van der Waals surface area (Å²) in [6.07, 6.45) is -0.367. The second kappa shape index (κ2) is 2.52. The summed E-state index contributed by atoms with van der Waals surface area (Å²) < 4.78 is 4.79. The van der Waals surface area contributed by atoms with Gasteiger partial charge in [0.25, 0.3) is 0 Å². The second-order valence-corrected chi connectivity index (χ2v) is 2.86. The van der Waals surface area contributed by atoms with Crippen LogP contribution in [0.5, 0.6) is 0 Å². The summed E-state index contributed by atoms with van der Waals surface area (Å²) in [5, 5.41) is 2.64. The Hall–Kier alpha value is -1.51. The van der Waals surface area contributed by atoms with Gasteiger partial charge in [0.1, 0.15) is 6.61 Å². The number of aryl methyl sites for hydroxylation is 1. The summed E-state index contributed by atoms with van der Waals surface area (Å²) in [7, 11) is 0. The highest BCUT2D eigenvalue weighted by Crippen LogP contribution is 2.22. The largest absolute Gasteiger partial charge is 0.444 e. The molecular weight excluding hydrogens is 154 g/mol. The van der Waals surface area contributed by atoms with Gasteiger partial charge in [0.15, 0.2) is 0 Å². The van der Waals surface area contributed by atoms with Crippen LogP contribution in [0.3, 0.4) is 0 Å². The average molecular weight is 163 g/mol. The predicted molar refractivity (Wildman–Crippen MR) is 45.0 cm³/mol. The lowest BCUT2D eigenvalue weighted by Gasteiger charge is -2.17. The highest BCUT2D eigenvalue weighted by Gasteiger charge is 2.14. The molecule has 1 aliphatic rings. The lowest BCUT2D eigenvalue weighted by atomic mass is 10.1. The van der Waals surface area contributed by atoms with E-state index in [9.17, 15) is 4.79 Å². The fourth-order valence-corrected chi connectivity index (χ4v) is 1.22. The topological polar surface area (TPSA) is 38.3 Å². The standard InChI is InChI=1S/C9H9NO2/c1-6-2-3-7-5-12-9(11)10-8(7)4-6/h2-4H,5H2,1H3,(H,10,11). The van der Waals surface area contributed by atoms with Gasteiger partial charge in [0, 0.05) is 5.56 Å². The van der Waals surface area contributed by atoms with Crippen molar-refractivity contribution < 1.29 is 9.53 Å². The number of hydrogen-bond donors (Lipinski definition) is 1. The van der Waals surface area contributed by atoms with Gasteiger partial charge in [-0.2, -0.15) is 0 Å². The molecule has 0 bridgehead atoms. The van der Waals surface area contributed by atoms with Crippen molar-refractivity contribution in [1.82, 2.24) is 0 Å². The molecule has 1 N–H and O–H groups in total. The number of fused-ring (bicyclic) bond motifs is 1. The molecule has 1 aromatic rings. The minimum Gasteiger partial charge on any atom is -0.444 e. The number of anilines is 1. The fraction of sp³-hybridized carbons (Fsp3) is 0.222. The number of ether oxygens (including phenoxy) is 1. The Morgan fingerprint density at radius 1 is 1.50 bits per heavy atom. The van der Waals surface area contributed by atoms with Crippen LogP contribution >= 0.6 is 0 Å². The lowest BCUT2D eigenvalue weighted by Crippen LogP contribution is -2.20. The molecule has 2 rings (SSSR count). The molecule has 0 aromatic heterocycles. The molecule has 0 atom stereocenters. The third-order valence-electron chi connectivity index (χ3n) is 1.86. The van der Waals surface area contributed by atoms with Gasteiger partial charge in [-0.3, -0.25) is 5.32 Å². The van der Waals surface area contributed by atoms with Crippen molar-refractivity contribution in [3.63, 3.8) is 0 Å². The van der Waals surface area contributed by atoms with E-state index in [4.69, 9.17) is 4.74 Å². The van der Waals surface area contributed by atoms with E-state index in [0.29, 0.717) is 6.61 Å². The van der Waals surface area contributed by atoms with E-state index >= 15 is 0 Å². The average Bonchev–Trinajstić information content (AvgIpc) is 2.03. The highest BCUT2D eigenvalue weighted by atomic mass is 16.5.